The zero-order valence-corrected chi connectivity index (χ0v) is 20.0. The molecule has 0 radical (unpaired) electrons. The first kappa shape index (κ1) is 24.0. The van der Waals surface area contributed by atoms with Crippen LogP contribution in [0.1, 0.15) is 13.8 Å². The van der Waals surface area contributed by atoms with Crippen molar-refractivity contribution in [1.29, 1.82) is 0 Å². The topological polar surface area (TPSA) is 158 Å². The van der Waals surface area contributed by atoms with E-state index in [9.17, 15) is 18.9 Å². The molecule has 0 bridgehead atoms. The number of nitrogens with one attached hydrogen (secondary N) is 3. The Balaban J connectivity index is 1.45. The fourth-order valence-corrected chi connectivity index (χ4v) is 3.75. The molecule has 35 heavy (non-hydrogen) atoms. The molecule has 0 saturated heterocycles. The first-order chi connectivity index (χ1) is 16.6. The lowest BCUT2D eigenvalue weighted by molar-refractivity contribution is -0.128. The summed E-state index contributed by atoms with van der Waals surface area (Å²) in [5.74, 6) is 0.592. The van der Waals surface area contributed by atoms with Gasteiger partial charge in [-0.25, -0.2) is 14.3 Å². The van der Waals surface area contributed by atoms with Crippen molar-refractivity contribution >= 4 is 34.4 Å². The summed E-state index contributed by atoms with van der Waals surface area (Å²) in [7, 11) is 0. The normalized spacial score (nSPS) is 12.3. The Hall–Kier alpha value is -4.10. The molecule has 0 spiro atoms. The molecule has 3 aromatic heterocycles. The molecule has 0 aliphatic rings. The summed E-state index contributed by atoms with van der Waals surface area (Å²) >= 11 is -1.55. The summed E-state index contributed by atoms with van der Waals surface area (Å²) in [4.78, 5) is 44.1. The predicted octanol–water partition coefficient (Wildman–Crippen LogP) is 1.55. The molecule has 13 heteroatoms. The Morgan fingerprint density at radius 1 is 1.20 bits per heavy atom. The van der Waals surface area contributed by atoms with Gasteiger partial charge < -0.3 is 14.6 Å². The molecule has 1 amide bonds. The van der Waals surface area contributed by atoms with Crippen LogP contribution in [0.5, 0.6) is 11.6 Å². The van der Waals surface area contributed by atoms with Crippen LogP contribution in [0.3, 0.4) is 0 Å². The number of fused-ring (bicyclic) bond motifs is 1. The number of imidazole rings is 1. The summed E-state index contributed by atoms with van der Waals surface area (Å²) < 4.78 is 21.8. The van der Waals surface area contributed by atoms with Crippen LogP contribution in [0, 0.1) is 5.41 Å². The van der Waals surface area contributed by atoms with Crippen LogP contribution in [0.4, 0.5) is 11.5 Å². The first-order valence-electron chi connectivity index (χ1n) is 10.4. The predicted molar refractivity (Wildman–Crippen MR) is 130 cm³/mol. The largest absolute Gasteiger partial charge is 0.593 e. The second-order valence-electron chi connectivity index (χ2n) is 8.33. The highest BCUT2D eigenvalue weighted by molar-refractivity contribution is 7.89. The minimum Gasteiger partial charge on any atom is -0.593 e. The van der Waals surface area contributed by atoms with Crippen molar-refractivity contribution in [3.05, 3.63) is 75.7 Å². The number of aromatic amines is 1. The number of rotatable bonds is 8. The summed E-state index contributed by atoms with van der Waals surface area (Å²) in [6.07, 6.45) is 4.68. The number of hydrogen-bond donors (Lipinski definition) is 3. The number of carbonyl (C=O) groups excluding carboxylic acids is 1. The highest BCUT2D eigenvalue weighted by Gasteiger charge is 2.31. The fraction of sp³-hybridized carbons (Fsp3) is 0.227. The van der Waals surface area contributed by atoms with E-state index in [0.29, 0.717) is 23.0 Å². The molecule has 4 aromatic rings. The van der Waals surface area contributed by atoms with Crippen LogP contribution in [-0.2, 0) is 22.7 Å². The SMILES string of the molecule is C[S+]([O-])NC(=O)C(C)(C)Cn1c(=O)cc(Nc2ccc(Oc3ccc4nccn4n3)cc2)[nH]c1=O. The molecule has 0 saturated carbocycles. The Bertz CT molecular complexity index is 1440. The lowest BCUT2D eigenvalue weighted by Gasteiger charge is -2.23. The maximum Gasteiger partial charge on any atom is 0.329 e. The van der Waals surface area contributed by atoms with Gasteiger partial charge in [0.1, 0.15) is 17.8 Å². The van der Waals surface area contributed by atoms with E-state index in [-0.39, 0.29) is 12.4 Å². The monoisotopic (exact) mass is 497 g/mol. The van der Waals surface area contributed by atoms with Gasteiger partial charge in [0.25, 0.3) is 11.5 Å². The van der Waals surface area contributed by atoms with Crippen molar-refractivity contribution in [3.8, 4) is 11.6 Å². The third-order valence-corrected chi connectivity index (χ3v) is 5.48. The van der Waals surface area contributed by atoms with Gasteiger partial charge in [0.15, 0.2) is 5.65 Å². The summed E-state index contributed by atoms with van der Waals surface area (Å²) in [6, 6.07) is 11.6. The maximum atomic E-state index is 12.6. The van der Waals surface area contributed by atoms with Crippen molar-refractivity contribution in [2.24, 2.45) is 5.41 Å². The average Bonchev–Trinajstić information content (AvgIpc) is 3.25. The van der Waals surface area contributed by atoms with E-state index in [1.807, 2.05) is 0 Å². The zero-order chi connectivity index (χ0) is 25.2. The van der Waals surface area contributed by atoms with Gasteiger partial charge in [-0.1, -0.05) is 0 Å². The third kappa shape index (κ3) is 5.70. The smallest absolute Gasteiger partial charge is 0.329 e. The van der Waals surface area contributed by atoms with Gasteiger partial charge in [-0.05, 0) is 44.2 Å². The van der Waals surface area contributed by atoms with Crippen molar-refractivity contribution in [2.45, 2.75) is 20.4 Å². The van der Waals surface area contributed by atoms with Crippen LogP contribution in [0.25, 0.3) is 5.65 Å². The third-order valence-electron chi connectivity index (χ3n) is 5.01. The van der Waals surface area contributed by atoms with Crippen LogP contribution in [0.15, 0.2) is 64.4 Å². The van der Waals surface area contributed by atoms with Gasteiger partial charge in [0.2, 0.25) is 5.88 Å². The van der Waals surface area contributed by atoms with Crippen molar-refractivity contribution in [2.75, 3.05) is 11.6 Å². The van der Waals surface area contributed by atoms with E-state index in [1.54, 1.807) is 67.2 Å². The van der Waals surface area contributed by atoms with E-state index in [4.69, 9.17) is 4.74 Å². The molecule has 1 aromatic carbocycles. The molecule has 12 nitrogen and oxygen atoms in total. The van der Waals surface area contributed by atoms with Crippen molar-refractivity contribution < 1.29 is 14.1 Å². The van der Waals surface area contributed by atoms with Gasteiger partial charge in [0, 0.05) is 36.8 Å². The molecule has 4 rings (SSSR count). The molecule has 3 heterocycles. The number of anilines is 2. The Labute approximate surface area is 202 Å². The van der Waals surface area contributed by atoms with Crippen molar-refractivity contribution in [1.82, 2.24) is 28.9 Å². The molecule has 182 valence electrons. The number of ether oxygens (including phenoxy) is 1. The number of amides is 1. The minimum absolute atomic E-state index is 0.185. The average molecular weight is 498 g/mol. The van der Waals surface area contributed by atoms with E-state index in [1.165, 1.54) is 12.3 Å². The Kier molecular flexibility index (Phi) is 6.62. The molecule has 3 N–H and O–H groups in total. The van der Waals surface area contributed by atoms with Crippen LogP contribution in [0.2, 0.25) is 0 Å². The van der Waals surface area contributed by atoms with E-state index in [2.05, 4.69) is 25.1 Å². The minimum atomic E-state index is -1.55. The fourth-order valence-electron chi connectivity index (χ4n) is 3.21. The molecule has 0 fully saturated rings. The van der Waals surface area contributed by atoms with Gasteiger partial charge in [-0.2, -0.15) is 4.72 Å². The second kappa shape index (κ2) is 9.64. The molecular formula is C22H23N7O5S. The number of aromatic nitrogens is 5. The van der Waals surface area contributed by atoms with E-state index in [0.717, 1.165) is 4.57 Å². The molecule has 1 unspecified atom stereocenters. The van der Waals surface area contributed by atoms with Crippen LogP contribution < -0.4 is 26.0 Å². The van der Waals surface area contributed by atoms with E-state index >= 15 is 0 Å². The van der Waals surface area contributed by atoms with E-state index < -0.39 is 33.9 Å². The Morgan fingerprint density at radius 3 is 2.63 bits per heavy atom. The first-order valence-corrected chi connectivity index (χ1v) is 12.0. The highest BCUT2D eigenvalue weighted by Crippen LogP contribution is 2.23. The maximum absolute atomic E-state index is 12.6. The number of nitrogens with zero attached hydrogens (tertiary/aromatic N) is 4. The van der Waals surface area contributed by atoms with Crippen LogP contribution in [-0.4, -0.2) is 40.9 Å². The molecular weight excluding hydrogens is 474 g/mol. The van der Waals surface area contributed by atoms with Gasteiger partial charge in [0.05, 0.1) is 16.8 Å². The zero-order valence-electron chi connectivity index (χ0n) is 19.1. The van der Waals surface area contributed by atoms with Gasteiger partial charge in [-0.15, -0.1) is 5.10 Å². The Morgan fingerprint density at radius 2 is 1.94 bits per heavy atom. The van der Waals surface area contributed by atoms with Crippen LogP contribution >= 0.6 is 0 Å². The van der Waals surface area contributed by atoms with Gasteiger partial charge in [-0.3, -0.25) is 19.1 Å². The lowest BCUT2D eigenvalue weighted by atomic mass is 9.92. The van der Waals surface area contributed by atoms with Gasteiger partial charge >= 0.3 is 5.69 Å². The summed E-state index contributed by atoms with van der Waals surface area (Å²) in [5.41, 5.74) is -1.09. The second-order valence-corrected chi connectivity index (χ2v) is 9.45. The number of hydrogen-bond acceptors (Lipinski definition) is 8. The molecule has 0 aliphatic carbocycles. The molecule has 1 atom stereocenters. The molecule has 0 aliphatic heterocycles. The number of H-pyrrole nitrogens is 1. The number of carbonyl (C=O) groups is 1. The number of benzene rings is 1. The summed E-state index contributed by atoms with van der Waals surface area (Å²) in [5, 5.41) is 7.26. The quantitative estimate of drug-likeness (QED) is 0.309. The summed E-state index contributed by atoms with van der Waals surface area (Å²) in [6.45, 7) is 2.93. The lowest BCUT2D eigenvalue weighted by Crippen LogP contribution is -2.46. The standard InChI is InChI=1S/C22H23N7O5S/c1-22(2,20(31)27-35(3)33)13-28-19(30)12-16(25-21(28)32)24-14-4-6-15(7-5-14)34-18-9-8-17-23-10-11-29(17)26-18/h4-12,24H,13H2,1-3H3,(H,25,32)(H,27,31). The highest BCUT2D eigenvalue weighted by atomic mass is 32.2. The van der Waals surface area contributed by atoms with Crippen molar-refractivity contribution in [3.63, 3.8) is 0 Å².